The van der Waals surface area contributed by atoms with E-state index in [0.717, 1.165) is 18.2 Å². The van der Waals surface area contributed by atoms with E-state index in [1.165, 1.54) is 12.1 Å². The minimum absolute atomic E-state index is 0.0504. The van der Waals surface area contributed by atoms with E-state index in [1.54, 1.807) is 60.7 Å². The fourth-order valence-corrected chi connectivity index (χ4v) is 4.59. The largest absolute Gasteiger partial charge is 0.504 e. The lowest BCUT2D eigenvalue weighted by atomic mass is 10.1. The van der Waals surface area contributed by atoms with Crippen molar-refractivity contribution in [2.75, 3.05) is 0 Å². The van der Waals surface area contributed by atoms with Crippen LogP contribution in [0.15, 0.2) is 105 Å². The number of azo groups is 1. The number of rotatable bonds is 7. The van der Waals surface area contributed by atoms with Crippen molar-refractivity contribution >= 4 is 54.2 Å². The van der Waals surface area contributed by atoms with Gasteiger partial charge in [-0.25, -0.2) is 0 Å². The lowest BCUT2D eigenvalue weighted by Gasteiger charge is -2.09. The number of phenols is 1. The molecule has 37 heavy (non-hydrogen) atoms. The van der Waals surface area contributed by atoms with Crippen molar-refractivity contribution in [1.82, 2.24) is 0 Å². The summed E-state index contributed by atoms with van der Waals surface area (Å²) in [6, 6.07) is 19.3. The van der Waals surface area contributed by atoms with Crippen molar-refractivity contribution in [3.63, 3.8) is 0 Å². The molecule has 0 heterocycles. The molecule has 4 aromatic rings. The number of allylic oxidation sites excluding steroid dienone is 1. The Labute approximate surface area is 211 Å². The van der Waals surface area contributed by atoms with Gasteiger partial charge in [0, 0.05) is 10.9 Å². The van der Waals surface area contributed by atoms with Gasteiger partial charge in [-0.2, -0.15) is 21.9 Å². The van der Waals surface area contributed by atoms with Crippen LogP contribution in [0.4, 0.5) is 11.4 Å². The van der Waals surface area contributed by atoms with Crippen LogP contribution in [0.25, 0.3) is 16.8 Å². The van der Waals surface area contributed by atoms with Crippen molar-refractivity contribution in [2.45, 2.75) is 9.79 Å². The molecule has 4 aromatic carbocycles. The summed E-state index contributed by atoms with van der Waals surface area (Å²) >= 11 is 0. The van der Waals surface area contributed by atoms with Gasteiger partial charge < -0.3 is 5.11 Å². The summed E-state index contributed by atoms with van der Waals surface area (Å²) < 4.78 is 65.4. The molecule has 0 bridgehead atoms. The van der Waals surface area contributed by atoms with Crippen molar-refractivity contribution in [3.8, 4) is 5.75 Å². The maximum Gasteiger partial charge on any atom is 0.298 e. The number of carbonyl (C=O) groups is 1. The van der Waals surface area contributed by atoms with Gasteiger partial charge >= 0.3 is 0 Å². The highest BCUT2D eigenvalue weighted by Crippen LogP contribution is 2.42. The third-order valence-electron chi connectivity index (χ3n) is 5.22. The number of benzene rings is 4. The molecule has 0 aliphatic rings. The Balaban J connectivity index is 1.74. The summed E-state index contributed by atoms with van der Waals surface area (Å²) in [5.41, 5.74) is 1.06. The first-order chi connectivity index (χ1) is 17.4. The highest BCUT2D eigenvalue weighted by atomic mass is 32.2. The number of carbonyl (C=O) groups excluding carboxylic acids is 1. The molecular weight excluding hydrogens is 520 g/mol. The maximum absolute atomic E-state index is 12.3. The van der Waals surface area contributed by atoms with Gasteiger partial charge in [-0.15, -0.1) is 5.11 Å². The number of phenolic OH excluding ortho intramolecular Hbond substituents is 1. The predicted octanol–water partition coefficient (Wildman–Crippen LogP) is 5.35. The van der Waals surface area contributed by atoms with E-state index in [2.05, 4.69) is 10.2 Å². The van der Waals surface area contributed by atoms with Crippen molar-refractivity contribution in [2.24, 2.45) is 10.2 Å². The van der Waals surface area contributed by atoms with Crippen molar-refractivity contribution in [3.05, 3.63) is 96.1 Å². The van der Waals surface area contributed by atoms with E-state index in [9.17, 15) is 35.8 Å². The number of aromatic hydroxyl groups is 1. The quantitative estimate of drug-likeness (QED) is 0.122. The third kappa shape index (κ3) is 5.95. The van der Waals surface area contributed by atoms with Crippen LogP contribution in [-0.2, 0) is 20.2 Å². The Hall–Kier alpha value is -4.23. The first-order valence-corrected chi connectivity index (χ1v) is 13.4. The van der Waals surface area contributed by atoms with Crippen LogP contribution in [0.2, 0.25) is 0 Å². The molecule has 0 unspecified atom stereocenters. The Morgan fingerprint density at radius 2 is 1.51 bits per heavy atom. The van der Waals surface area contributed by atoms with Crippen LogP contribution >= 0.6 is 0 Å². The molecule has 0 aliphatic heterocycles. The molecule has 0 atom stereocenters. The predicted molar refractivity (Wildman–Crippen MR) is 136 cm³/mol. The average molecular weight is 539 g/mol. The van der Waals surface area contributed by atoms with Gasteiger partial charge in [-0.1, -0.05) is 54.6 Å². The molecule has 0 radical (unpaired) electrons. The first-order valence-electron chi connectivity index (χ1n) is 10.5. The standard InChI is InChI=1S/C25H18N2O8S2/c28-22(17-6-2-1-3-7-17)12-9-16-5-4-8-19(13-16)26-27-24-21-11-10-20(36(30,31)32)14-18(21)15-23(25(24)29)37(33,34)35/h1-15,29H,(H,30,31,32)(H,33,34,35). The second kappa shape index (κ2) is 10.0. The molecule has 0 saturated heterocycles. The first kappa shape index (κ1) is 25.9. The molecule has 12 heteroatoms. The summed E-state index contributed by atoms with van der Waals surface area (Å²) in [7, 11) is -9.54. The zero-order valence-corrected chi connectivity index (χ0v) is 20.4. The molecule has 0 fully saturated rings. The van der Waals surface area contributed by atoms with Gasteiger partial charge in [-0.3, -0.25) is 13.9 Å². The van der Waals surface area contributed by atoms with Gasteiger partial charge in [0.15, 0.2) is 11.5 Å². The summed E-state index contributed by atoms with van der Waals surface area (Å²) in [6.45, 7) is 0. The van der Waals surface area contributed by atoms with E-state index in [0.29, 0.717) is 11.1 Å². The zero-order valence-electron chi connectivity index (χ0n) is 18.8. The van der Waals surface area contributed by atoms with Gasteiger partial charge in [0.2, 0.25) is 0 Å². The molecular formula is C25H18N2O8S2. The van der Waals surface area contributed by atoms with Crippen LogP contribution in [-0.4, -0.2) is 36.8 Å². The SMILES string of the molecule is O=C(C=Cc1cccc(N=Nc2c(O)c(S(=O)(=O)O)cc3cc(S(=O)(=O)O)ccc23)c1)c1ccccc1. The second-order valence-corrected chi connectivity index (χ2v) is 10.6. The summed E-state index contributed by atoms with van der Waals surface area (Å²) in [4.78, 5) is 10.8. The van der Waals surface area contributed by atoms with E-state index >= 15 is 0 Å². The fraction of sp³-hybridized carbons (Fsp3) is 0. The minimum Gasteiger partial charge on any atom is -0.504 e. The second-order valence-electron chi connectivity index (χ2n) is 7.76. The molecule has 188 valence electrons. The van der Waals surface area contributed by atoms with Gasteiger partial charge in [0.25, 0.3) is 20.2 Å². The molecule has 0 aromatic heterocycles. The highest BCUT2D eigenvalue weighted by molar-refractivity contribution is 7.86. The Morgan fingerprint density at radius 1 is 0.784 bits per heavy atom. The molecule has 10 nitrogen and oxygen atoms in total. The van der Waals surface area contributed by atoms with E-state index in [-0.39, 0.29) is 27.9 Å². The van der Waals surface area contributed by atoms with Crippen molar-refractivity contribution < 1.29 is 35.8 Å². The number of hydrogen-bond donors (Lipinski definition) is 3. The topological polar surface area (TPSA) is 171 Å². The number of nitrogens with zero attached hydrogens (tertiary/aromatic N) is 2. The monoisotopic (exact) mass is 538 g/mol. The lowest BCUT2D eigenvalue weighted by Crippen LogP contribution is -2.00. The number of hydrogen-bond acceptors (Lipinski definition) is 8. The molecule has 0 amide bonds. The van der Waals surface area contributed by atoms with Gasteiger partial charge in [0.05, 0.1) is 10.6 Å². The number of fused-ring (bicyclic) bond motifs is 1. The molecule has 3 N–H and O–H groups in total. The van der Waals surface area contributed by atoms with E-state index < -0.39 is 35.8 Å². The van der Waals surface area contributed by atoms with Crippen LogP contribution < -0.4 is 0 Å². The molecule has 0 aliphatic carbocycles. The Kier molecular flexibility index (Phi) is 7.01. The Morgan fingerprint density at radius 3 is 2.19 bits per heavy atom. The van der Waals surface area contributed by atoms with Crippen LogP contribution in [0, 0.1) is 0 Å². The smallest absolute Gasteiger partial charge is 0.298 e. The van der Waals surface area contributed by atoms with Crippen LogP contribution in [0.5, 0.6) is 5.75 Å². The fourth-order valence-electron chi connectivity index (χ4n) is 3.46. The van der Waals surface area contributed by atoms with Crippen molar-refractivity contribution in [1.29, 1.82) is 0 Å². The van der Waals surface area contributed by atoms with Gasteiger partial charge in [-0.05, 0) is 47.4 Å². The Bertz CT molecular complexity index is 1800. The summed E-state index contributed by atoms with van der Waals surface area (Å²) in [5, 5.41) is 18.6. The summed E-state index contributed by atoms with van der Waals surface area (Å²) in [5.74, 6) is -1.10. The highest BCUT2D eigenvalue weighted by Gasteiger charge is 2.23. The molecule has 4 rings (SSSR count). The van der Waals surface area contributed by atoms with E-state index in [4.69, 9.17) is 0 Å². The maximum atomic E-state index is 12.3. The summed E-state index contributed by atoms with van der Waals surface area (Å²) in [6.07, 6.45) is 2.98. The third-order valence-corrected chi connectivity index (χ3v) is 6.94. The molecule has 0 spiro atoms. The van der Waals surface area contributed by atoms with Crippen LogP contribution in [0.1, 0.15) is 15.9 Å². The number of ketones is 1. The van der Waals surface area contributed by atoms with Crippen LogP contribution in [0.3, 0.4) is 0 Å². The molecule has 0 saturated carbocycles. The van der Waals surface area contributed by atoms with Gasteiger partial charge in [0.1, 0.15) is 10.6 Å². The lowest BCUT2D eigenvalue weighted by molar-refractivity contribution is 0.104. The van der Waals surface area contributed by atoms with E-state index in [1.807, 2.05) is 0 Å². The normalized spacial score (nSPS) is 12.5. The zero-order chi connectivity index (χ0) is 26.8. The average Bonchev–Trinajstić information content (AvgIpc) is 2.85. The minimum atomic E-state index is -4.93.